The third-order valence-electron chi connectivity index (χ3n) is 4.19. The van der Waals surface area contributed by atoms with E-state index in [1.54, 1.807) is 0 Å². The maximum absolute atomic E-state index is 12.6. The van der Waals surface area contributed by atoms with Gasteiger partial charge in [-0.1, -0.05) is 55.8 Å². The molecule has 3 rings (SSSR count). The highest BCUT2D eigenvalue weighted by Crippen LogP contribution is 2.24. The fourth-order valence-electron chi connectivity index (χ4n) is 2.90. The van der Waals surface area contributed by atoms with Crippen molar-refractivity contribution in [2.24, 2.45) is 0 Å². The Kier molecular flexibility index (Phi) is 4.60. The van der Waals surface area contributed by atoms with Gasteiger partial charge < -0.3 is 9.32 Å². The number of hydrogen-bond acceptors (Lipinski definition) is 3. The monoisotopic (exact) mass is 310 g/mol. The lowest BCUT2D eigenvalue weighted by molar-refractivity contribution is 0.0736. The number of oxazole rings is 1. The standard InChI is InChI=1S/C19H22N2O2/c1-14(2)18-17(20-13-23-18)19(22)21-10-8-16(9-11-21)12-15-6-4-3-5-7-15/h3-7,12-14H,8-11H2,1-2H3. The number of carbonyl (C=O) groups is 1. The summed E-state index contributed by atoms with van der Waals surface area (Å²) in [7, 11) is 0. The Morgan fingerprint density at radius 3 is 2.57 bits per heavy atom. The van der Waals surface area contributed by atoms with Gasteiger partial charge in [0.05, 0.1) is 0 Å². The first-order valence-electron chi connectivity index (χ1n) is 8.12. The molecule has 0 saturated carbocycles. The van der Waals surface area contributed by atoms with Crippen LogP contribution in [-0.4, -0.2) is 28.9 Å². The minimum Gasteiger partial charge on any atom is -0.447 e. The lowest BCUT2D eigenvalue weighted by Gasteiger charge is -2.28. The lowest BCUT2D eigenvalue weighted by atomic mass is 10.0. The Labute approximate surface area is 136 Å². The second-order valence-electron chi connectivity index (χ2n) is 6.23. The molecule has 2 heterocycles. The number of rotatable bonds is 3. The summed E-state index contributed by atoms with van der Waals surface area (Å²) in [4.78, 5) is 18.6. The lowest BCUT2D eigenvalue weighted by Crippen LogP contribution is -2.37. The van der Waals surface area contributed by atoms with Gasteiger partial charge in [0.25, 0.3) is 5.91 Å². The summed E-state index contributed by atoms with van der Waals surface area (Å²) in [5.41, 5.74) is 3.08. The van der Waals surface area contributed by atoms with Crippen LogP contribution in [0.1, 0.15) is 54.4 Å². The number of likely N-dealkylation sites (tertiary alicyclic amines) is 1. The largest absolute Gasteiger partial charge is 0.447 e. The molecule has 0 N–H and O–H groups in total. The number of amides is 1. The second-order valence-corrected chi connectivity index (χ2v) is 6.23. The quantitative estimate of drug-likeness (QED) is 0.857. The van der Waals surface area contributed by atoms with E-state index < -0.39 is 0 Å². The van der Waals surface area contributed by atoms with Gasteiger partial charge in [-0.3, -0.25) is 4.79 Å². The summed E-state index contributed by atoms with van der Waals surface area (Å²) in [5.74, 6) is 0.830. The first-order valence-corrected chi connectivity index (χ1v) is 8.12. The van der Waals surface area contributed by atoms with Crippen molar-refractivity contribution in [1.82, 2.24) is 9.88 Å². The molecule has 0 spiro atoms. The maximum Gasteiger partial charge on any atom is 0.276 e. The Morgan fingerprint density at radius 1 is 1.22 bits per heavy atom. The van der Waals surface area contributed by atoms with Crippen molar-refractivity contribution in [3.8, 4) is 0 Å². The molecule has 4 heteroatoms. The second kappa shape index (κ2) is 6.82. The van der Waals surface area contributed by atoms with Crippen molar-refractivity contribution in [1.29, 1.82) is 0 Å². The van der Waals surface area contributed by atoms with Gasteiger partial charge in [-0.2, -0.15) is 0 Å². The van der Waals surface area contributed by atoms with Gasteiger partial charge in [0, 0.05) is 19.0 Å². The van der Waals surface area contributed by atoms with Gasteiger partial charge in [0.15, 0.2) is 12.1 Å². The molecule has 4 nitrogen and oxygen atoms in total. The predicted molar refractivity (Wildman–Crippen MR) is 90.1 cm³/mol. The summed E-state index contributed by atoms with van der Waals surface area (Å²) < 4.78 is 5.37. The van der Waals surface area contributed by atoms with Crippen molar-refractivity contribution in [3.63, 3.8) is 0 Å². The zero-order chi connectivity index (χ0) is 16.2. The van der Waals surface area contributed by atoms with Crippen LogP contribution in [0.2, 0.25) is 0 Å². The van der Waals surface area contributed by atoms with E-state index in [0.717, 1.165) is 25.9 Å². The van der Waals surface area contributed by atoms with Crippen molar-refractivity contribution in [2.45, 2.75) is 32.6 Å². The van der Waals surface area contributed by atoms with E-state index >= 15 is 0 Å². The van der Waals surface area contributed by atoms with Crippen LogP contribution >= 0.6 is 0 Å². The molecule has 1 aromatic heterocycles. The van der Waals surface area contributed by atoms with E-state index in [1.807, 2.05) is 36.9 Å². The normalized spacial score (nSPS) is 15.1. The number of nitrogens with zero attached hydrogens (tertiary/aromatic N) is 2. The van der Waals surface area contributed by atoms with Crippen LogP contribution in [0.3, 0.4) is 0 Å². The predicted octanol–water partition coefficient (Wildman–Crippen LogP) is 4.12. The minimum atomic E-state index is -0.0128. The Hall–Kier alpha value is -2.36. The summed E-state index contributed by atoms with van der Waals surface area (Å²) in [5, 5.41) is 0. The molecule has 1 saturated heterocycles. The molecule has 1 aliphatic heterocycles. The van der Waals surface area contributed by atoms with E-state index in [4.69, 9.17) is 4.42 Å². The molecule has 0 aliphatic carbocycles. The average molecular weight is 310 g/mol. The van der Waals surface area contributed by atoms with E-state index in [2.05, 4.69) is 23.2 Å². The molecule has 1 amide bonds. The van der Waals surface area contributed by atoms with E-state index in [-0.39, 0.29) is 11.8 Å². The van der Waals surface area contributed by atoms with Gasteiger partial charge in [-0.15, -0.1) is 0 Å². The Morgan fingerprint density at radius 2 is 1.91 bits per heavy atom. The molecule has 120 valence electrons. The molecule has 1 fully saturated rings. The van der Waals surface area contributed by atoms with Gasteiger partial charge in [0.2, 0.25) is 0 Å². The molecule has 1 aromatic carbocycles. The van der Waals surface area contributed by atoms with Crippen molar-refractivity contribution >= 4 is 12.0 Å². The number of carbonyl (C=O) groups excluding carboxylic acids is 1. The highest BCUT2D eigenvalue weighted by molar-refractivity contribution is 5.93. The number of benzene rings is 1. The molecule has 23 heavy (non-hydrogen) atoms. The molecule has 2 aromatic rings. The molecule has 0 bridgehead atoms. The first kappa shape index (κ1) is 15.5. The molecule has 0 atom stereocenters. The van der Waals surface area contributed by atoms with E-state index in [1.165, 1.54) is 17.5 Å². The molecule has 0 radical (unpaired) electrons. The highest BCUT2D eigenvalue weighted by atomic mass is 16.3. The third kappa shape index (κ3) is 3.52. The summed E-state index contributed by atoms with van der Waals surface area (Å²) in [6, 6.07) is 10.3. The van der Waals surface area contributed by atoms with Crippen molar-refractivity contribution in [2.75, 3.05) is 13.1 Å². The van der Waals surface area contributed by atoms with Crippen molar-refractivity contribution in [3.05, 3.63) is 59.3 Å². The summed E-state index contributed by atoms with van der Waals surface area (Å²) in [6.45, 7) is 5.49. The highest BCUT2D eigenvalue weighted by Gasteiger charge is 2.26. The smallest absolute Gasteiger partial charge is 0.276 e. The van der Waals surface area contributed by atoms with Gasteiger partial charge >= 0.3 is 0 Å². The van der Waals surface area contributed by atoms with Crippen LogP contribution < -0.4 is 0 Å². The Bertz CT molecular complexity index is 691. The van der Waals surface area contributed by atoms with Crippen LogP contribution in [0.5, 0.6) is 0 Å². The fraction of sp³-hybridized carbons (Fsp3) is 0.368. The molecule has 1 aliphatic rings. The van der Waals surface area contributed by atoms with Crippen molar-refractivity contribution < 1.29 is 9.21 Å². The maximum atomic E-state index is 12.6. The van der Waals surface area contributed by atoms with Gasteiger partial charge in [0.1, 0.15) is 5.76 Å². The third-order valence-corrected chi connectivity index (χ3v) is 4.19. The molecule has 0 unspecified atom stereocenters. The first-order chi connectivity index (χ1) is 11.1. The number of hydrogen-bond donors (Lipinski definition) is 0. The van der Waals surface area contributed by atoms with Crippen LogP contribution in [0.4, 0.5) is 0 Å². The van der Waals surface area contributed by atoms with Crippen LogP contribution in [0.15, 0.2) is 46.7 Å². The van der Waals surface area contributed by atoms with Crippen LogP contribution in [0, 0.1) is 0 Å². The van der Waals surface area contributed by atoms with E-state index in [9.17, 15) is 4.79 Å². The van der Waals surface area contributed by atoms with Crippen LogP contribution in [-0.2, 0) is 0 Å². The fourth-order valence-corrected chi connectivity index (χ4v) is 2.90. The summed E-state index contributed by atoms with van der Waals surface area (Å²) >= 11 is 0. The number of piperidine rings is 1. The minimum absolute atomic E-state index is 0.0128. The topological polar surface area (TPSA) is 46.3 Å². The van der Waals surface area contributed by atoms with E-state index in [0.29, 0.717) is 11.5 Å². The zero-order valence-electron chi connectivity index (χ0n) is 13.7. The molecular formula is C19H22N2O2. The Balaban J connectivity index is 1.66. The van der Waals surface area contributed by atoms with Gasteiger partial charge in [-0.25, -0.2) is 4.98 Å². The SMILES string of the molecule is CC(C)c1ocnc1C(=O)N1CCC(=Cc2ccccc2)CC1. The molecular weight excluding hydrogens is 288 g/mol. The number of aromatic nitrogens is 1. The van der Waals surface area contributed by atoms with Crippen LogP contribution in [0.25, 0.3) is 6.08 Å². The summed E-state index contributed by atoms with van der Waals surface area (Å²) in [6.07, 6.45) is 5.43. The van der Waals surface area contributed by atoms with Gasteiger partial charge in [-0.05, 0) is 18.4 Å². The average Bonchev–Trinajstić information content (AvgIpc) is 3.06. The zero-order valence-corrected chi connectivity index (χ0v) is 13.7.